The Morgan fingerprint density at radius 2 is 1.72 bits per heavy atom. The molecule has 94 valence electrons. The monoisotopic (exact) mass is 241 g/mol. The molecule has 3 fully saturated rings. The first-order valence-electron chi connectivity index (χ1n) is 7.11. The number of carbonyl (C=O) groups excluding carboxylic acids is 1. The minimum absolute atomic E-state index is 0.142. The van der Waals surface area contributed by atoms with Crippen LogP contribution < -0.4 is 5.32 Å². The third-order valence-electron chi connectivity index (χ3n) is 5.36. The molecule has 0 heterocycles. The van der Waals surface area contributed by atoms with Crippen LogP contribution in [0.2, 0.25) is 0 Å². The van der Waals surface area contributed by atoms with Gasteiger partial charge in [0.2, 0.25) is 0 Å². The first-order valence-corrected chi connectivity index (χ1v) is 7.11. The maximum absolute atomic E-state index is 11.2. The van der Waals surface area contributed by atoms with E-state index in [1.54, 1.807) is 6.92 Å². The molecular weight excluding hydrogens is 222 g/mol. The summed E-state index contributed by atoms with van der Waals surface area (Å²) in [7, 11) is 0. The molecule has 18 heavy (non-hydrogen) atoms. The van der Waals surface area contributed by atoms with E-state index in [2.05, 4.69) is 5.32 Å². The summed E-state index contributed by atoms with van der Waals surface area (Å²) in [5, 5.41) is 3.67. The highest BCUT2D eigenvalue weighted by Gasteiger charge is 2.64. The molecule has 3 aliphatic carbocycles. The number of anilines is 1. The SMILES string of the molecule is CC(=O)c1ccc(NC2C3C4CCC(C4)C23)cc1. The van der Waals surface area contributed by atoms with Crippen LogP contribution in [0.15, 0.2) is 24.3 Å². The van der Waals surface area contributed by atoms with E-state index < -0.39 is 0 Å². The molecule has 2 heteroatoms. The lowest BCUT2D eigenvalue weighted by molar-refractivity contribution is 0.101. The van der Waals surface area contributed by atoms with Crippen molar-refractivity contribution >= 4 is 11.5 Å². The van der Waals surface area contributed by atoms with Crippen molar-refractivity contribution in [1.82, 2.24) is 0 Å². The van der Waals surface area contributed by atoms with E-state index in [1.807, 2.05) is 24.3 Å². The van der Waals surface area contributed by atoms with Crippen molar-refractivity contribution in [3.05, 3.63) is 29.8 Å². The third kappa shape index (κ3) is 1.44. The van der Waals surface area contributed by atoms with Crippen LogP contribution in [0.3, 0.4) is 0 Å². The number of benzene rings is 1. The Bertz CT molecular complexity index is 476. The average molecular weight is 241 g/mol. The Balaban J connectivity index is 1.46. The van der Waals surface area contributed by atoms with Gasteiger partial charge in [-0.1, -0.05) is 0 Å². The molecule has 0 aliphatic heterocycles. The zero-order valence-electron chi connectivity index (χ0n) is 10.7. The van der Waals surface area contributed by atoms with Crippen LogP contribution in [-0.2, 0) is 0 Å². The third-order valence-corrected chi connectivity index (χ3v) is 5.36. The fourth-order valence-electron chi connectivity index (χ4n) is 4.51. The minimum Gasteiger partial charge on any atom is -0.382 e. The standard InChI is InChI=1S/C16H19NO/c1-9(18)10-4-6-13(7-5-10)17-16-14-11-2-3-12(8-11)15(14)16/h4-7,11-12,14-17H,2-3,8H2,1H3. The lowest BCUT2D eigenvalue weighted by atomic mass is 10.0. The number of carbonyl (C=O) groups is 1. The van der Waals surface area contributed by atoms with Gasteiger partial charge in [0.25, 0.3) is 0 Å². The van der Waals surface area contributed by atoms with E-state index in [4.69, 9.17) is 0 Å². The molecule has 1 N–H and O–H groups in total. The smallest absolute Gasteiger partial charge is 0.159 e. The highest BCUT2D eigenvalue weighted by Crippen LogP contribution is 2.66. The van der Waals surface area contributed by atoms with Gasteiger partial charge in [-0.15, -0.1) is 0 Å². The summed E-state index contributed by atoms with van der Waals surface area (Å²) in [6.45, 7) is 1.62. The lowest BCUT2D eigenvalue weighted by Gasteiger charge is -2.12. The zero-order chi connectivity index (χ0) is 12.3. The van der Waals surface area contributed by atoms with Gasteiger partial charge in [-0.2, -0.15) is 0 Å². The summed E-state index contributed by atoms with van der Waals surface area (Å²) in [5.74, 6) is 4.07. The fourth-order valence-corrected chi connectivity index (χ4v) is 4.51. The van der Waals surface area contributed by atoms with Crippen LogP contribution in [-0.4, -0.2) is 11.8 Å². The van der Waals surface area contributed by atoms with Crippen molar-refractivity contribution in [3.8, 4) is 0 Å². The summed E-state index contributed by atoms with van der Waals surface area (Å²) >= 11 is 0. The molecule has 1 aromatic rings. The molecule has 3 aliphatic rings. The zero-order valence-corrected chi connectivity index (χ0v) is 10.7. The van der Waals surface area contributed by atoms with Crippen LogP contribution in [0.1, 0.15) is 36.5 Å². The van der Waals surface area contributed by atoms with Crippen molar-refractivity contribution < 1.29 is 4.79 Å². The van der Waals surface area contributed by atoms with Crippen LogP contribution in [0.5, 0.6) is 0 Å². The topological polar surface area (TPSA) is 29.1 Å². The fraction of sp³-hybridized carbons (Fsp3) is 0.562. The second kappa shape index (κ2) is 3.59. The summed E-state index contributed by atoms with van der Waals surface area (Å²) in [6, 6.07) is 8.67. The Morgan fingerprint density at radius 1 is 1.11 bits per heavy atom. The molecule has 4 unspecified atom stereocenters. The molecule has 0 amide bonds. The number of nitrogens with one attached hydrogen (secondary N) is 1. The second-order valence-corrected chi connectivity index (χ2v) is 6.29. The lowest BCUT2D eigenvalue weighted by Crippen LogP contribution is -2.12. The molecule has 4 rings (SSSR count). The van der Waals surface area contributed by atoms with E-state index in [9.17, 15) is 4.79 Å². The van der Waals surface area contributed by atoms with E-state index in [1.165, 1.54) is 24.9 Å². The van der Waals surface area contributed by atoms with Crippen molar-refractivity contribution in [2.45, 2.75) is 32.2 Å². The van der Waals surface area contributed by atoms with E-state index >= 15 is 0 Å². The predicted molar refractivity (Wildman–Crippen MR) is 71.7 cm³/mol. The molecule has 1 aromatic carbocycles. The van der Waals surface area contributed by atoms with Gasteiger partial charge >= 0.3 is 0 Å². The van der Waals surface area contributed by atoms with Crippen LogP contribution in [0.4, 0.5) is 5.69 Å². The molecule has 3 saturated carbocycles. The molecule has 2 bridgehead atoms. The van der Waals surface area contributed by atoms with Gasteiger partial charge in [0.1, 0.15) is 0 Å². The number of rotatable bonds is 3. The van der Waals surface area contributed by atoms with Crippen molar-refractivity contribution in [2.75, 3.05) is 5.32 Å². The van der Waals surface area contributed by atoms with Gasteiger partial charge in [-0.3, -0.25) is 4.79 Å². The van der Waals surface area contributed by atoms with Gasteiger partial charge in [-0.05, 0) is 74.1 Å². The minimum atomic E-state index is 0.142. The summed E-state index contributed by atoms with van der Waals surface area (Å²) in [4.78, 5) is 11.2. The van der Waals surface area contributed by atoms with E-state index in [-0.39, 0.29) is 5.78 Å². The number of hydrogen-bond donors (Lipinski definition) is 1. The molecule has 0 spiro atoms. The molecule has 4 atom stereocenters. The molecule has 0 aromatic heterocycles. The van der Waals surface area contributed by atoms with Crippen LogP contribution in [0, 0.1) is 23.7 Å². The first-order chi connectivity index (χ1) is 8.74. The Hall–Kier alpha value is -1.31. The van der Waals surface area contributed by atoms with Gasteiger partial charge in [0.05, 0.1) is 0 Å². The average Bonchev–Trinajstić information content (AvgIpc) is 2.78. The molecule has 0 saturated heterocycles. The van der Waals surface area contributed by atoms with Crippen LogP contribution >= 0.6 is 0 Å². The quantitative estimate of drug-likeness (QED) is 0.822. The molecular formula is C16H19NO. The first kappa shape index (κ1) is 10.6. The summed E-state index contributed by atoms with van der Waals surface area (Å²) < 4.78 is 0. The highest BCUT2D eigenvalue weighted by atomic mass is 16.1. The van der Waals surface area contributed by atoms with Gasteiger partial charge in [0.15, 0.2) is 5.78 Å². The van der Waals surface area contributed by atoms with E-state index in [0.29, 0.717) is 0 Å². The summed E-state index contributed by atoms with van der Waals surface area (Å²) in [6.07, 6.45) is 4.43. The predicted octanol–water partition coefficient (Wildman–Crippen LogP) is 3.35. The number of Topliss-reactive ketones (excluding diaryl/α,β-unsaturated/α-hetero) is 1. The molecule has 2 nitrogen and oxygen atoms in total. The largest absolute Gasteiger partial charge is 0.382 e. The Kier molecular flexibility index (Phi) is 2.12. The maximum atomic E-state index is 11.2. The molecule has 0 radical (unpaired) electrons. The Labute approximate surface area is 108 Å². The van der Waals surface area contributed by atoms with Crippen LogP contribution in [0.25, 0.3) is 0 Å². The number of ketones is 1. The number of hydrogen-bond acceptors (Lipinski definition) is 2. The maximum Gasteiger partial charge on any atom is 0.159 e. The normalized spacial score (nSPS) is 39.5. The van der Waals surface area contributed by atoms with E-state index in [0.717, 1.165) is 35.3 Å². The van der Waals surface area contributed by atoms with Crippen molar-refractivity contribution in [1.29, 1.82) is 0 Å². The second-order valence-electron chi connectivity index (χ2n) is 6.29. The summed E-state index contributed by atoms with van der Waals surface area (Å²) in [5.41, 5.74) is 1.98. The van der Waals surface area contributed by atoms with Crippen molar-refractivity contribution in [3.63, 3.8) is 0 Å². The van der Waals surface area contributed by atoms with Gasteiger partial charge in [0, 0.05) is 17.3 Å². The number of fused-ring (bicyclic) bond motifs is 5. The Morgan fingerprint density at radius 3 is 2.28 bits per heavy atom. The van der Waals surface area contributed by atoms with Crippen molar-refractivity contribution in [2.24, 2.45) is 23.7 Å². The highest BCUT2D eigenvalue weighted by molar-refractivity contribution is 5.94. The van der Waals surface area contributed by atoms with Gasteiger partial charge < -0.3 is 5.32 Å². The van der Waals surface area contributed by atoms with Gasteiger partial charge in [-0.25, -0.2) is 0 Å².